The summed E-state index contributed by atoms with van der Waals surface area (Å²) in [6.45, 7) is 2.87. The van der Waals surface area contributed by atoms with Crippen LogP contribution in [0.1, 0.15) is 32.6 Å². The van der Waals surface area contributed by atoms with Gasteiger partial charge in [0, 0.05) is 23.3 Å². The molecule has 16 heavy (non-hydrogen) atoms. The van der Waals surface area contributed by atoms with Crippen LogP contribution in [0.4, 0.5) is 5.69 Å². The lowest BCUT2D eigenvalue weighted by Crippen LogP contribution is -2.28. The van der Waals surface area contributed by atoms with Gasteiger partial charge in [0.2, 0.25) is 0 Å². The Labute approximate surface area is 103 Å². The van der Waals surface area contributed by atoms with Gasteiger partial charge in [-0.15, -0.1) is 0 Å². The van der Waals surface area contributed by atoms with Crippen LogP contribution in [0.3, 0.4) is 0 Å². The van der Waals surface area contributed by atoms with Crippen molar-refractivity contribution in [3.63, 3.8) is 0 Å². The van der Waals surface area contributed by atoms with Crippen LogP contribution < -0.4 is 11.1 Å². The second-order valence-corrected chi connectivity index (χ2v) is 4.52. The molecule has 1 aromatic carbocycles. The Kier molecular flexibility index (Phi) is 6.27. The van der Waals surface area contributed by atoms with Crippen molar-refractivity contribution in [2.24, 2.45) is 5.73 Å². The largest absolute Gasteiger partial charge is 0.381 e. The summed E-state index contributed by atoms with van der Waals surface area (Å²) in [5.74, 6) is 0. The molecular formula is C13H21ClN2. The first-order valence-electron chi connectivity index (χ1n) is 5.98. The van der Waals surface area contributed by atoms with Gasteiger partial charge in [-0.05, 0) is 24.6 Å². The maximum atomic E-state index is 5.93. The standard InChI is InChI=1S/C13H21ClN2/c1-2-3-4-7-13(10-15)16-12-8-5-6-11(14)9-12/h5-6,8-9,13,16H,2-4,7,10,15H2,1H3. The topological polar surface area (TPSA) is 38.0 Å². The number of hydrogen-bond donors (Lipinski definition) is 2. The third-order valence-corrected chi connectivity index (χ3v) is 2.87. The SMILES string of the molecule is CCCCCC(CN)Nc1cccc(Cl)c1. The maximum absolute atomic E-state index is 5.93. The van der Waals surface area contributed by atoms with Gasteiger partial charge < -0.3 is 11.1 Å². The first-order valence-corrected chi connectivity index (χ1v) is 6.36. The van der Waals surface area contributed by atoms with Crippen LogP contribution in [-0.2, 0) is 0 Å². The molecule has 0 saturated carbocycles. The van der Waals surface area contributed by atoms with Gasteiger partial charge in [-0.2, -0.15) is 0 Å². The van der Waals surface area contributed by atoms with Crippen LogP contribution in [0.15, 0.2) is 24.3 Å². The Hall–Kier alpha value is -0.730. The Morgan fingerprint density at radius 1 is 1.38 bits per heavy atom. The quantitative estimate of drug-likeness (QED) is 0.714. The van der Waals surface area contributed by atoms with Gasteiger partial charge in [0.1, 0.15) is 0 Å². The highest BCUT2D eigenvalue weighted by atomic mass is 35.5. The summed E-state index contributed by atoms with van der Waals surface area (Å²) in [5, 5.41) is 4.18. The predicted molar refractivity (Wildman–Crippen MR) is 72.1 cm³/mol. The zero-order valence-electron chi connectivity index (χ0n) is 9.88. The van der Waals surface area contributed by atoms with E-state index in [9.17, 15) is 0 Å². The molecule has 0 amide bonds. The van der Waals surface area contributed by atoms with Crippen LogP contribution in [-0.4, -0.2) is 12.6 Å². The Morgan fingerprint density at radius 2 is 2.19 bits per heavy atom. The molecule has 3 N–H and O–H groups in total. The van der Waals surface area contributed by atoms with Crippen molar-refractivity contribution in [3.8, 4) is 0 Å². The summed E-state index contributed by atoms with van der Waals surface area (Å²) in [4.78, 5) is 0. The lowest BCUT2D eigenvalue weighted by atomic mass is 10.1. The van der Waals surface area contributed by atoms with Crippen LogP contribution >= 0.6 is 11.6 Å². The van der Waals surface area contributed by atoms with E-state index >= 15 is 0 Å². The summed E-state index contributed by atoms with van der Waals surface area (Å²) < 4.78 is 0. The average molecular weight is 241 g/mol. The highest BCUT2D eigenvalue weighted by molar-refractivity contribution is 6.30. The van der Waals surface area contributed by atoms with Gasteiger partial charge in [0.15, 0.2) is 0 Å². The lowest BCUT2D eigenvalue weighted by Gasteiger charge is -2.18. The van der Waals surface area contributed by atoms with E-state index in [1.165, 1.54) is 19.3 Å². The molecule has 0 aliphatic heterocycles. The zero-order valence-corrected chi connectivity index (χ0v) is 10.6. The van der Waals surface area contributed by atoms with Crippen LogP contribution in [0.2, 0.25) is 5.02 Å². The molecule has 0 saturated heterocycles. The maximum Gasteiger partial charge on any atom is 0.0426 e. The van der Waals surface area contributed by atoms with Crippen molar-refractivity contribution < 1.29 is 0 Å². The summed E-state index contributed by atoms with van der Waals surface area (Å²) in [7, 11) is 0. The van der Waals surface area contributed by atoms with E-state index in [-0.39, 0.29) is 0 Å². The smallest absolute Gasteiger partial charge is 0.0426 e. The monoisotopic (exact) mass is 240 g/mol. The van der Waals surface area contributed by atoms with Crippen molar-refractivity contribution >= 4 is 17.3 Å². The van der Waals surface area contributed by atoms with E-state index in [0.717, 1.165) is 17.1 Å². The van der Waals surface area contributed by atoms with Crippen LogP contribution in [0.5, 0.6) is 0 Å². The van der Waals surface area contributed by atoms with Crippen molar-refractivity contribution in [2.45, 2.75) is 38.6 Å². The summed E-state index contributed by atoms with van der Waals surface area (Å²) in [5.41, 5.74) is 6.80. The number of anilines is 1. The molecule has 0 aliphatic rings. The van der Waals surface area contributed by atoms with Gasteiger partial charge in [-0.3, -0.25) is 0 Å². The minimum absolute atomic E-state index is 0.352. The van der Waals surface area contributed by atoms with Gasteiger partial charge in [0.25, 0.3) is 0 Å². The van der Waals surface area contributed by atoms with E-state index in [1.54, 1.807) is 0 Å². The van der Waals surface area contributed by atoms with Crippen molar-refractivity contribution in [1.29, 1.82) is 0 Å². The molecule has 0 aliphatic carbocycles. The molecule has 0 heterocycles. The molecule has 90 valence electrons. The minimum atomic E-state index is 0.352. The number of nitrogens with one attached hydrogen (secondary N) is 1. The third-order valence-electron chi connectivity index (χ3n) is 2.64. The molecule has 1 rings (SSSR count). The lowest BCUT2D eigenvalue weighted by molar-refractivity contribution is 0.591. The van der Waals surface area contributed by atoms with Crippen LogP contribution in [0, 0.1) is 0 Å². The Balaban J connectivity index is 2.43. The molecule has 1 aromatic rings. The minimum Gasteiger partial charge on any atom is -0.381 e. The second-order valence-electron chi connectivity index (χ2n) is 4.08. The molecule has 0 radical (unpaired) electrons. The molecule has 0 fully saturated rings. The summed E-state index contributed by atoms with van der Waals surface area (Å²) in [6.07, 6.45) is 4.87. The Morgan fingerprint density at radius 3 is 2.81 bits per heavy atom. The highest BCUT2D eigenvalue weighted by Gasteiger charge is 2.05. The number of halogens is 1. The Bertz CT molecular complexity index is 302. The van der Waals surface area contributed by atoms with E-state index in [4.69, 9.17) is 17.3 Å². The number of nitrogens with two attached hydrogens (primary N) is 1. The second kappa shape index (κ2) is 7.53. The first-order chi connectivity index (χ1) is 7.76. The van der Waals surface area contributed by atoms with Gasteiger partial charge >= 0.3 is 0 Å². The zero-order chi connectivity index (χ0) is 11.8. The predicted octanol–water partition coefficient (Wildman–Crippen LogP) is 3.66. The van der Waals surface area contributed by atoms with Gasteiger partial charge in [-0.1, -0.05) is 43.9 Å². The number of benzene rings is 1. The highest BCUT2D eigenvalue weighted by Crippen LogP contribution is 2.17. The van der Waals surface area contributed by atoms with E-state index in [2.05, 4.69) is 12.2 Å². The number of rotatable bonds is 7. The molecule has 1 unspecified atom stereocenters. The molecule has 0 bridgehead atoms. The van der Waals surface area contributed by atoms with E-state index < -0.39 is 0 Å². The molecule has 3 heteroatoms. The number of unbranched alkanes of at least 4 members (excludes halogenated alkanes) is 2. The molecule has 2 nitrogen and oxygen atoms in total. The molecular weight excluding hydrogens is 220 g/mol. The van der Waals surface area contributed by atoms with Crippen molar-refractivity contribution in [1.82, 2.24) is 0 Å². The summed E-state index contributed by atoms with van der Waals surface area (Å²) in [6, 6.07) is 8.13. The summed E-state index contributed by atoms with van der Waals surface area (Å²) >= 11 is 5.93. The fourth-order valence-corrected chi connectivity index (χ4v) is 1.89. The number of hydrogen-bond acceptors (Lipinski definition) is 2. The molecule has 0 aromatic heterocycles. The van der Waals surface area contributed by atoms with Crippen molar-refractivity contribution in [3.05, 3.63) is 29.3 Å². The van der Waals surface area contributed by atoms with E-state index in [0.29, 0.717) is 12.6 Å². The third kappa shape index (κ3) is 4.86. The fourth-order valence-electron chi connectivity index (χ4n) is 1.70. The van der Waals surface area contributed by atoms with Crippen molar-refractivity contribution in [2.75, 3.05) is 11.9 Å². The normalized spacial score (nSPS) is 12.4. The van der Waals surface area contributed by atoms with Crippen LogP contribution in [0.25, 0.3) is 0 Å². The van der Waals surface area contributed by atoms with E-state index in [1.807, 2.05) is 24.3 Å². The molecule has 0 spiro atoms. The van der Waals surface area contributed by atoms with Gasteiger partial charge in [0.05, 0.1) is 0 Å². The first kappa shape index (κ1) is 13.3. The van der Waals surface area contributed by atoms with Gasteiger partial charge in [-0.25, -0.2) is 0 Å². The fraction of sp³-hybridized carbons (Fsp3) is 0.538. The average Bonchev–Trinajstić information content (AvgIpc) is 2.28. The molecule has 1 atom stereocenters.